The molecule has 3 aromatic rings. The van der Waals surface area contributed by atoms with Gasteiger partial charge in [-0.15, -0.1) is 11.3 Å². The van der Waals surface area contributed by atoms with Crippen LogP contribution in [0, 0.1) is 0 Å². The lowest BCUT2D eigenvalue weighted by molar-refractivity contribution is 0.242. The number of hydrogen-bond donors (Lipinski definition) is 1. The first-order valence-corrected chi connectivity index (χ1v) is 13.1. The maximum atomic E-state index is 12.5. The van der Waals surface area contributed by atoms with E-state index < -0.39 is 16.5 Å². The number of halogens is 1. The third-order valence-electron chi connectivity index (χ3n) is 5.30. The summed E-state index contributed by atoms with van der Waals surface area (Å²) in [6.07, 6.45) is 0.832. The molecule has 2 atom stereocenters. The molecule has 0 bridgehead atoms. The average Bonchev–Trinajstić information content (AvgIpc) is 3.36. The van der Waals surface area contributed by atoms with E-state index in [-0.39, 0.29) is 12.1 Å². The molecule has 1 aliphatic heterocycles. The number of nitrogens with zero attached hydrogens (tertiary/aromatic N) is 3. The van der Waals surface area contributed by atoms with E-state index in [1.165, 1.54) is 15.6 Å². The largest absolute Gasteiger partial charge is 0.491 e. The molecule has 0 aliphatic carbocycles. The molecule has 2 unspecified atom stereocenters. The number of aliphatic imine (C=N–C) groups is 1. The number of ether oxygens (including phenoxy) is 1. The van der Waals surface area contributed by atoms with Crippen LogP contribution in [0.3, 0.4) is 0 Å². The quantitative estimate of drug-likeness (QED) is 0.495. The second-order valence-electron chi connectivity index (χ2n) is 8.33. The summed E-state index contributed by atoms with van der Waals surface area (Å²) in [7, 11) is 0.381. The molecule has 3 heterocycles. The fourth-order valence-electron chi connectivity index (χ4n) is 3.63. The SMILES string of the molecule is CCc1nc(-c2cc(Cl)c(C3(C)CS(=O)N(C)C(N)=N3)s2)oc1-c1ccc(OC(C)C)cc1. The zero-order valence-electron chi connectivity index (χ0n) is 19.2. The molecule has 0 radical (unpaired) electrons. The van der Waals surface area contributed by atoms with E-state index in [2.05, 4.69) is 4.99 Å². The highest BCUT2D eigenvalue weighted by molar-refractivity contribution is 7.83. The van der Waals surface area contributed by atoms with Gasteiger partial charge in [0.05, 0.1) is 32.3 Å². The van der Waals surface area contributed by atoms with Gasteiger partial charge in [-0.1, -0.05) is 18.5 Å². The number of guanidine groups is 1. The smallest absolute Gasteiger partial charge is 0.237 e. The molecule has 1 aromatic carbocycles. The van der Waals surface area contributed by atoms with Crippen molar-refractivity contribution in [3.8, 4) is 27.8 Å². The van der Waals surface area contributed by atoms with Crippen molar-refractivity contribution < 1.29 is 13.4 Å². The Kier molecular flexibility index (Phi) is 6.57. The van der Waals surface area contributed by atoms with Gasteiger partial charge in [-0.25, -0.2) is 14.2 Å². The first-order chi connectivity index (χ1) is 15.6. The molecule has 4 rings (SSSR count). The fraction of sp³-hybridized carbons (Fsp3) is 0.391. The Morgan fingerprint density at radius 2 is 2.06 bits per heavy atom. The monoisotopic (exact) mass is 506 g/mol. The van der Waals surface area contributed by atoms with Gasteiger partial charge in [0.25, 0.3) is 0 Å². The zero-order chi connectivity index (χ0) is 23.9. The summed E-state index contributed by atoms with van der Waals surface area (Å²) >= 11 is 8.05. The molecule has 2 aromatic heterocycles. The van der Waals surface area contributed by atoms with Crippen LogP contribution in [0.1, 0.15) is 38.3 Å². The third-order valence-corrected chi connectivity index (χ3v) is 8.69. The highest BCUT2D eigenvalue weighted by atomic mass is 35.5. The summed E-state index contributed by atoms with van der Waals surface area (Å²) in [4.78, 5) is 10.9. The van der Waals surface area contributed by atoms with Crippen LogP contribution in [-0.4, -0.2) is 38.4 Å². The van der Waals surface area contributed by atoms with Crippen molar-refractivity contribution in [1.82, 2.24) is 9.29 Å². The Bertz CT molecular complexity index is 1220. The van der Waals surface area contributed by atoms with E-state index in [0.717, 1.165) is 38.9 Å². The minimum Gasteiger partial charge on any atom is -0.491 e. The van der Waals surface area contributed by atoms with Crippen LogP contribution in [0.5, 0.6) is 5.75 Å². The number of thiophene rings is 1. The molecule has 0 fully saturated rings. The van der Waals surface area contributed by atoms with Crippen molar-refractivity contribution >= 4 is 39.9 Å². The molecule has 33 heavy (non-hydrogen) atoms. The van der Waals surface area contributed by atoms with Gasteiger partial charge in [-0.2, -0.15) is 0 Å². The zero-order valence-corrected chi connectivity index (χ0v) is 21.6. The van der Waals surface area contributed by atoms with E-state index in [4.69, 9.17) is 31.5 Å². The van der Waals surface area contributed by atoms with Gasteiger partial charge >= 0.3 is 0 Å². The number of benzene rings is 1. The summed E-state index contributed by atoms with van der Waals surface area (Å²) in [6.45, 7) is 7.93. The average molecular weight is 507 g/mol. The molecule has 0 amide bonds. The topological polar surface area (TPSA) is 94.0 Å². The maximum Gasteiger partial charge on any atom is 0.237 e. The number of oxazole rings is 1. The van der Waals surface area contributed by atoms with Crippen LogP contribution in [0.15, 0.2) is 39.7 Å². The minimum atomic E-state index is -1.28. The molecule has 7 nitrogen and oxygen atoms in total. The Morgan fingerprint density at radius 3 is 2.67 bits per heavy atom. The van der Waals surface area contributed by atoms with Crippen molar-refractivity contribution in [2.24, 2.45) is 10.7 Å². The van der Waals surface area contributed by atoms with Crippen molar-refractivity contribution in [3.63, 3.8) is 0 Å². The van der Waals surface area contributed by atoms with Gasteiger partial charge in [0, 0.05) is 12.6 Å². The highest BCUT2D eigenvalue weighted by Crippen LogP contribution is 2.44. The number of hydrogen-bond acceptors (Lipinski definition) is 7. The third kappa shape index (κ3) is 4.67. The number of rotatable bonds is 6. The van der Waals surface area contributed by atoms with Gasteiger partial charge in [0.1, 0.15) is 22.3 Å². The van der Waals surface area contributed by atoms with E-state index in [1.807, 2.05) is 58.0 Å². The Balaban J connectivity index is 1.69. The van der Waals surface area contributed by atoms with Crippen LogP contribution in [0.25, 0.3) is 22.1 Å². The van der Waals surface area contributed by atoms with Crippen LogP contribution < -0.4 is 10.5 Å². The minimum absolute atomic E-state index is 0.111. The van der Waals surface area contributed by atoms with E-state index in [9.17, 15) is 4.21 Å². The van der Waals surface area contributed by atoms with Crippen molar-refractivity contribution in [1.29, 1.82) is 0 Å². The van der Waals surface area contributed by atoms with E-state index >= 15 is 0 Å². The fourth-order valence-corrected chi connectivity index (χ4v) is 6.42. The second kappa shape index (κ2) is 9.12. The van der Waals surface area contributed by atoms with Crippen molar-refractivity contribution in [2.45, 2.75) is 45.8 Å². The summed E-state index contributed by atoms with van der Waals surface area (Å²) in [6, 6.07) is 9.64. The van der Waals surface area contributed by atoms with E-state index in [0.29, 0.717) is 16.7 Å². The first-order valence-electron chi connectivity index (χ1n) is 10.7. The van der Waals surface area contributed by atoms with E-state index in [1.54, 1.807) is 7.05 Å². The molecule has 0 saturated heterocycles. The summed E-state index contributed by atoms with van der Waals surface area (Å²) < 4.78 is 25.9. The van der Waals surface area contributed by atoms with Gasteiger partial charge in [-0.3, -0.25) is 4.31 Å². The lowest BCUT2D eigenvalue weighted by Crippen LogP contribution is -2.47. The standard InChI is InChI=1S/C23H27ClN4O3S2/c1-6-17-19(14-7-9-15(10-8-14)30-13(2)3)31-21(26-17)18-11-16(24)20(32-18)23(4)12-33(29)28(5)22(25)27-23/h7-11,13H,6,12H2,1-5H3,(H2,25,27). The summed E-state index contributed by atoms with van der Waals surface area (Å²) in [5, 5.41) is 0.531. The molecule has 0 saturated carbocycles. The summed E-state index contributed by atoms with van der Waals surface area (Å²) in [5.41, 5.74) is 7.01. The lowest BCUT2D eigenvalue weighted by Gasteiger charge is -2.33. The molecule has 0 spiro atoms. The molecule has 176 valence electrons. The normalized spacial score (nSPS) is 20.9. The lowest BCUT2D eigenvalue weighted by atomic mass is 10.0. The maximum absolute atomic E-state index is 12.5. The molecular weight excluding hydrogens is 480 g/mol. The molecule has 10 heteroatoms. The van der Waals surface area contributed by atoms with Crippen molar-refractivity contribution in [3.05, 3.63) is 45.9 Å². The Labute approximate surface area is 205 Å². The van der Waals surface area contributed by atoms with Crippen LogP contribution in [-0.2, 0) is 22.9 Å². The second-order valence-corrected chi connectivity index (χ2v) is 11.3. The van der Waals surface area contributed by atoms with Gasteiger partial charge in [0.15, 0.2) is 5.76 Å². The van der Waals surface area contributed by atoms with Gasteiger partial charge < -0.3 is 14.9 Å². The number of nitrogens with two attached hydrogens (primary N) is 1. The molecule has 1 aliphatic rings. The van der Waals surface area contributed by atoms with Crippen molar-refractivity contribution in [2.75, 3.05) is 12.8 Å². The first kappa shape index (κ1) is 23.8. The predicted molar refractivity (Wildman–Crippen MR) is 135 cm³/mol. The Morgan fingerprint density at radius 1 is 1.36 bits per heavy atom. The summed E-state index contributed by atoms with van der Waals surface area (Å²) in [5.74, 6) is 2.56. The highest BCUT2D eigenvalue weighted by Gasteiger charge is 2.39. The number of aromatic nitrogens is 1. The van der Waals surface area contributed by atoms with Gasteiger partial charge in [-0.05, 0) is 57.5 Å². The van der Waals surface area contributed by atoms with Crippen LogP contribution in [0.2, 0.25) is 5.02 Å². The Hall–Kier alpha value is -2.36. The predicted octanol–water partition coefficient (Wildman–Crippen LogP) is 5.21. The number of aryl methyl sites for hydroxylation is 1. The van der Waals surface area contributed by atoms with Crippen LogP contribution in [0.4, 0.5) is 0 Å². The van der Waals surface area contributed by atoms with Gasteiger partial charge in [0.2, 0.25) is 11.9 Å². The molecular formula is C23H27ClN4O3S2. The van der Waals surface area contributed by atoms with Crippen LogP contribution >= 0.6 is 22.9 Å². The molecule has 2 N–H and O–H groups in total.